The highest BCUT2D eigenvalue weighted by atomic mass is 16.3. The molecule has 0 heterocycles. The van der Waals surface area contributed by atoms with Gasteiger partial charge in [0.05, 0.1) is 11.7 Å². The fraction of sp³-hybridized carbons (Fsp3) is 0.562. The predicted molar refractivity (Wildman–Crippen MR) is 80.0 cm³/mol. The second-order valence-electron chi connectivity index (χ2n) is 6.38. The van der Waals surface area contributed by atoms with E-state index in [1.54, 1.807) is 19.9 Å². The van der Waals surface area contributed by atoms with Crippen LogP contribution in [-0.2, 0) is 0 Å². The molecule has 112 valence electrons. The predicted octanol–water partition coefficient (Wildman–Crippen LogP) is 2.54. The van der Waals surface area contributed by atoms with Gasteiger partial charge in [0.2, 0.25) is 0 Å². The molecule has 1 rings (SSSR count). The lowest BCUT2D eigenvalue weighted by Gasteiger charge is -2.26. The van der Waals surface area contributed by atoms with E-state index in [-0.39, 0.29) is 17.1 Å². The fourth-order valence-corrected chi connectivity index (χ4v) is 2.42. The van der Waals surface area contributed by atoms with Crippen LogP contribution in [0.3, 0.4) is 0 Å². The van der Waals surface area contributed by atoms with E-state index >= 15 is 0 Å². The number of phenolic OH excluding ortho intramolecular Hbond substituents is 1. The molecule has 0 radical (unpaired) electrons. The number of amides is 1. The molecule has 0 bridgehead atoms. The molecule has 3 N–H and O–H groups in total. The molecule has 4 heteroatoms. The first-order valence-corrected chi connectivity index (χ1v) is 6.89. The van der Waals surface area contributed by atoms with Crippen molar-refractivity contribution in [1.29, 1.82) is 0 Å². The normalized spacial score (nSPS) is 13.1. The van der Waals surface area contributed by atoms with Crippen LogP contribution in [0.1, 0.15) is 48.7 Å². The Labute approximate surface area is 120 Å². The number of hydrogen-bond acceptors (Lipinski definition) is 3. The van der Waals surface area contributed by atoms with E-state index < -0.39 is 6.10 Å². The number of carbonyl (C=O) groups excluding carboxylic acids is 1. The first kappa shape index (κ1) is 16.5. The van der Waals surface area contributed by atoms with Crippen molar-refractivity contribution < 1.29 is 15.0 Å². The number of aliphatic hydroxyl groups excluding tert-OH is 1. The summed E-state index contributed by atoms with van der Waals surface area (Å²) in [5.41, 5.74) is 1.74. The summed E-state index contributed by atoms with van der Waals surface area (Å²) in [7, 11) is 0. The SMILES string of the molecule is Cc1cc(C)c(O)c(C(=O)NCC(C)(C)CC(C)O)c1. The summed E-state index contributed by atoms with van der Waals surface area (Å²) in [6.07, 6.45) is 0.197. The molecular weight excluding hydrogens is 254 g/mol. The van der Waals surface area contributed by atoms with Crippen molar-refractivity contribution in [2.45, 2.75) is 47.1 Å². The maximum Gasteiger partial charge on any atom is 0.255 e. The lowest BCUT2D eigenvalue weighted by molar-refractivity contribution is 0.0899. The Hall–Kier alpha value is -1.55. The van der Waals surface area contributed by atoms with Gasteiger partial charge in [-0.15, -0.1) is 0 Å². The summed E-state index contributed by atoms with van der Waals surface area (Å²) in [5.74, 6) is -0.255. The summed E-state index contributed by atoms with van der Waals surface area (Å²) in [6.45, 7) is 9.82. The van der Waals surface area contributed by atoms with Gasteiger partial charge in [0.1, 0.15) is 5.75 Å². The monoisotopic (exact) mass is 279 g/mol. The highest BCUT2D eigenvalue weighted by Crippen LogP contribution is 2.25. The molecule has 0 aromatic heterocycles. The Balaban J connectivity index is 2.78. The zero-order valence-electron chi connectivity index (χ0n) is 12.9. The number of benzene rings is 1. The number of rotatable bonds is 5. The molecule has 4 nitrogen and oxygen atoms in total. The highest BCUT2D eigenvalue weighted by molar-refractivity contribution is 5.97. The van der Waals surface area contributed by atoms with Gasteiger partial charge in [0, 0.05) is 6.54 Å². The van der Waals surface area contributed by atoms with Crippen molar-refractivity contribution in [3.05, 3.63) is 28.8 Å². The number of hydrogen-bond donors (Lipinski definition) is 3. The number of aryl methyl sites for hydroxylation is 2. The topological polar surface area (TPSA) is 69.6 Å². The zero-order valence-corrected chi connectivity index (χ0v) is 12.9. The minimum absolute atomic E-state index is 0.0291. The van der Waals surface area contributed by atoms with E-state index in [4.69, 9.17) is 0 Å². The Kier molecular flexibility index (Phi) is 5.17. The van der Waals surface area contributed by atoms with E-state index in [2.05, 4.69) is 5.32 Å². The molecule has 0 saturated carbocycles. The zero-order chi connectivity index (χ0) is 15.5. The van der Waals surface area contributed by atoms with Gasteiger partial charge in [-0.3, -0.25) is 4.79 Å². The van der Waals surface area contributed by atoms with Crippen LogP contribution in [0, 0.1) is 19.3 Å². The van der Waals surface area contributed by atoms with Crippen molar-refractivity contribution >= 4 is 5.91 Å². The van der Waals surface area contributed by atoms with Crippen LogP contribution >= 0.6 is 0 Å². The molecule has 0 aliphatic rings. The third kappa shape index (κ3) is 4.53. The standard InChI is InChI=1S/C16H25NO3/c1-10-6-11(2)14(19)13(7-10)15(20)17-9-16(4,5)8-12(3)18/h6-7,12,18-19H,8-9H2,1-5H3,(H,17,20). The van der Waals surface area contributed by atoms with E-state index in [1.807, 2.05) is 26.8 Å². The Morgan fingerprint density at radius 3 is 2.50 bits per heavy atom. The summed E-state index contributed by atoms with van der Waals surface area (Å²) in [5, 5.41) is 22.2. The molecule has 0 fully saturated rings. The molecule has 0 aliphatic heterocycles. The third-order valence-corrected chi connectivity index (χ3v) is 3.26. The summed E-state index contributed by atoms with van der Waals surface area (Å²) in [4.78, 5) is 12.2. The van der Waals surface area contributed by atoms with E-state index in [0.29, 0.717) is 24.1 Å². The minimum Gasteiger partial charge on any atom is -0.507 e. The van der Waals surface area contributed by atoms with Crippen LogP contribution in [0.2, 0.25) is 0 Å². The molecule has 1 aromatic carbocycles. The van der Waals surface area contributed by atoms with Crippen molar-refractivity contribution in [2.75, 3.05) is 6.54 Å². The molecule has 1 atom stereocenters. The Bertz CT molecular complexity index is 493. The molecule has 0 saturated heterocycles. The molecule has 0 spiro atoms. The van der Waals surface area contributed by atoms with Gasteiger partial charge < -0.3 is 15.5 Å². The first-order chi connectivity index (χ1) is 9.12. The van der Waals surface area contributed by atoms with Crippen LogP contribution in [0.5, 0.6) is 5.75 Å². The Morgan fingerprint density at radius 2 is 1.95 bits per heavy atom. The van der Waals surface area contributed by atoms with E-state index in [0.717, 1.165) is 5.56 Å². The Morgan fingerprint density at radius 1 is 1.35 bits per heavy atom. The number of carbonyl (C=O) groups is 1. The molecule has 0 aliphatic carbocycles. The summed E-state index contributed by atoms with van der Waals surface area (Å²) >= 11 is 0. The van der Waals surface area contributed by atoms with E-state index in [9.17, 15) is 15.0 Å². The number of phenols is 1. The van der Waals surface area contributed by atoms with Gasteiger partial charge in [0.25, 0.3) is 5.91 Å². The average molecular weight is 279 g/mol. The molecular formula is C16H25NO3. The van der Waals surface area contributed by atoms with Crippen LogP contribution in [-0.4, -0.2) is 28.8 Å². The molecule has 1 unspecified atom stereocenters. The van der Waals surface area contributed by atoms with Crippen LogP contribution in [0.4, 0.5) is 0 Å². The molecule has 1 aromatic rings. The van der Waals surface area contributed by atoms with Gasteiger partial charge in [-0.2, -0.15) is 0 Å². The van der Waals surface area contributed by atoms with Crippen molar-refractivity contribution in [3.63, 3.8) is 0 Å². The van der Waals surface area contributed by atoms with Gasteiger partial charge in [-0.25, -0.2) is 0 Å². The largest absolute Gasteiger partial charge is 0.507 e. The fourth-order valence-electron chi connectivity index (χ4n) is 2.42. The maximum atomic E-state index is 12.2. The van der Waals surface area contributed by atoms with E-state index in [1.165, 1.54) is 0 Å². The number of aromatic hydroxyl groups is 1. The second kappa shape index (κ2) is 6.27. The number of nitrogens with one attached hydrogen (secondary N) is 1. The molecule has 1 amide bonds. The first-order valence-electron chi connectivity index (χ1n) is 6.89. The lowest BCUT2D eigenvalue weighted by Crippen LogP contribution is -2.35. The lowest BCUT2D eigenvalue weighted by atomic mass is 9.87. The number of aliphatic hydroxyl groups is 1. The van der Waals surface area contributed by atoms with Crippen LogP contribution in [0.15, 0.2) is 12.1 Å². The quantitative estimate of drug-likeness (QED) is 0.775. The minimum atomic E-state index is -0.406. The highest BCUT2D eigenvalue weighted by Gasteiger charge is 2.22. The maximum absolute atomic E-state index is 12.2. The van der Waals surface area contributed by atoms with Gasteiger partial charge >= 0.3 is 0 Å². The van der Waals surface area contributed by atoms with Crippen molar-refractivity contribution in [3.8, 4) is 5.75 Å². The third-order valence-electron chi connectivity index (χ3n) is 3.26. The van der Waals surface area contributed by atoms with Crippen LogP contribution in [0.25, 0.3) is 0 Å². The summed E-state index contributed by atoms with van der Waals surface area (Å²) < 4.78 is 0. The average Bonchev–Trinajstić information content (AvgIpc) is 2.29. The van der Waals surface area contributed by atoms with Gasteiger partial charge in [0.15, 0.2) is 0 Å². The van der Waals surface area contributed by atoms with Crippen LogP contribution < -0.4 is 5.32 Å². The summed E-state index contributed by atoms with van der Waals surface area (Å²) in [6, 6.07) is 3.52. The van der Waals surface area contributed by atoms with Gasteiger partial charge in [-0.1, -0.05) is 19.9 Å². The van der Waals surface area contributed by atoms with Crippen molar-refractivity contribution in [1.82, 2.24) is 5.32 Å². The smallest absolute Gasteiger partial charge is 0.255 e. The van der Waals surface area contributed by atoms with Crippen molar-refractivity contribution in [2.24, 2.45) is 5.41 Å². The second-order valence-corrected chi connectivity index (χ2v) is 6.38. The van der Waals surface area contributed by atoms with Gasteiger partial charge in [-0.05, 0) is 49.8 Å². The molecule has 20 heavy (non-hydrogen) atoms.